The first-order chi connectivity index (χ1) is 7.83. The van der Waals surface area contributed by atoms with Crippen LogP contribution < -0.4 is 10.6 Å². The minimum atomic E-state index is -0.176. The number of carbonyl (C=O) groups excluding carboxylic acids is 1. The quantitative estimate of drug-likeness (QED) is 0.626. The van der Waals surface area contributed by atoms with Crippen molar-refractivity contribution >= 4 is 6.03 Å². The Bertz CT molecular complexity index is 301. The zero-order valence-corrected chi connectivity index (χ0v) is 9.28. The molecule has 0 bridgehead atoms. The van der Waals surface area contributed by atoms with Gasteiger partial charge in [-0.2, -0.15) is 0 Å². The molecule has 0 unspecified atom stereocenters. The van der Waals surface area contributed by atoms with E-state index in [0.29, 0.717) is 19.5 Å². The number of hydrogen-bond acceptors (Lipinski definition) is 2. The largest absolute Gasteiger partial charge is 0.396 e. The molecule has 3 N–H and O–H groups in total. The molecule has 0 aliphatic heterocycles. The van der Waals surface area contributed by atoms with E-state index in [4.69, 9.17) is 5.11 Å². The number of urea groups is 1. The lowest BCUT2D eigenvalue weighted by Crippen LogP contribution is -2.37. The lowest BCUT2D eigenvalue weighted by molar-refractivity contribution is 0.238. The number of rotatable bonds is 6. The van der Waals surface area contributed by atoms with Crippen molar-refractivity contribution in [3.05, 3.63) is 35.9 Å². The molecular formula is C12H18N2O2. The van der Waals surface area contributed by atoms with Gasteiger partial charge in [0.05, 0.1) is 0 Å². The van der Waals surface area contributed by atoms with Gasteiger partial charge in [-0.15, -0.1) is 0 Å². The Labute approximate surface area is 95.7 Å². The zero-order chi connectivity index (χ0) is 11.6. The molecule has 2 amide bonds. The van der Waals surface area contributed by atoms with Gasteiger partial charge < -0.3 is 15.7 Å². The Morgan fingerprint density at radius 1 is 1.12 bits per heavy atom. The van der Waals surface area contributed by atoms with E-state index in [-0.39, 0.29) is 12.6 Å². The third-order valence-electron chi connectivity index (χ3n) is 2.16. The highest BCUT2D eigenvalue weighted by molar-refractivity contribution is 5.73. The van der Waals surface area contributed by atoms with Crippen LogP contribution in [0, 0.1) is 0 Å². The SMILES string of the molecule is O=C(NCCCO)NCCc1ccccc1. The second kappa shape index (κ2) is 7.70. The Morgan fingerprint density at radius 2 is 1.81 bits per heavy atom. The molecule has 1 aromatic rings. The zero-order valence-electron chi connectivity index (χ0n) is 9.28. The number of aliphatic hydroxyl groups excluding tert-OH is 1. The Balaban J connectivity index is 2.09. The summed E-state index contributed by atoms with van der Waals surface area (Å²) < 4.78 is 0. The number of carbonyl (C=O) groups is 1. The van der Waals surface area contributed by atoms with Gasteiger partial charge in [-0.3, -0.25) is 0 Å². The Kier molecular flexibility index (Phi) is 6.03. The van der Waals surface area contributed by atoms with Crippen molar-refractivity contribution in [2.75, 3.05) is 19.7 Å². The van der Waals surface area contributed by atoms with E-state index < -0.39 is 0 Å². The van der Waals surface area contributed by atoms with Crippen LogP contribution in [-0.4, -0.2) is 30.8 Å². The second-order valence-corrected chi connectivity index (χ2v) is 3.50. The molecule has 4 nitrogen and oxygen atoms in total. The van der Waals surface area contributed by atoms with Crippen LogP contribution >= 0.6 is 0 Å². The second-order valence-electron chi connectivity index (χ2n) is 3.50. The Hall–Kier alpha value is -1.55. The molecule has 0 aliphatic carbocycles. The fraction of sp³-hybridized carbons (Fsp3) is 0.417. The van der Waals surface area contributed by atoms with Crippen molar-refractivity contribution < 1.29 is 9.90 Å². The summed E-state index contributed by atoms with van der Waals surface area (Å²) in [6.07, 6.45) is 1.42. The average molecular weight is 222 g/mol. The number of benzene rings is 1. The standard InChI is InChI=1S/C12H18N2O2/c15-10-4-8-13-12(16)14-9-7-11-5-2-1-3-6-11/h1-3,5-6,15H,4,7-10H2,(H2,13,14,16). The molecule has 1 rings (SSSR count). The van der Waals surface area contributed by atoms with Crippen molar-refractivity contribution in [3.8, 4) is 0 Å². The van der Waals surface area contributed by atoms with Gasteiger partial charge in [-0.1, -0.05) is 30.3 Å². The van der Waals surface area contributed by atoms with E-state index in [9.17, 15) is 4.79 Å². The fourth-order valence-electron chi connectivity index (χ4n) is 1.31. The van der Waals surface area contributed by atoms with Crippen LogP contribution in [0.5, 0.6) is 0 Å². The molecule has 0 fully saturated rings. The highest BCUT2D eigenvalue weighted by Gasteiger charge is 1.98. The minimum absolute atomic E-state index is 0.101. The van der Waals surface area contributed by atoms with E-state index >= 15 is 0 Å². The molecule has 0 atom stereocenters. The van der Waals surface area contributed by atoms with Gasteiger partial charge in [0.1, 0.15) is 0 Å². The van der Waals surface area contributed by atoms with Crippen LogP contribution in [0.15, 0.2) is 30.3 Å². The van der Waals surface area contributed by atoms with Crippen molar-refractivity contribution in [3.63, 3.8) is 0 Å². The van der Waals surface area contributed by atoms with Gasteiger partial charge in [0, 0.05) is 19.7 Å². The summed E-state index contributed by atoms with van der Waals surface area (Å²) in [7, 11) is 0. The van der Waals surface area contributed by atoms with Gasteiger partial charge in [0.25, 0.3) is 0 Å². The molecule has 0 aromatic heterocycles. The number of hydrogen-bond donors (Lipinski definition) is 3. The van der Waals surface area contributed by atoms with E-state index in [2.05, 4.69) is 10.6 Å². The summed E-state index contributed by atoms with van der Waals surface area (Å²) >= 11 is 0. The van der Waals surface area contributed by atoms with Crippen LogP contribution in [0.2, 0.25) is 0 Å². The van der Waals surface area contributed by atoms with Gasteiger partial charge in [0.15, 0.2) is 0 Å². The molecule has 0 heterocycles. The molecule has 0 aliphatic rings. The lowest BCUT2D eigenvalue weighted by Gasteiger charge is -2.06. The first kappa shape index (κ1) is 12.5. The lowest BCUT2D eigenvalue weighted by atomic mass is 10.1. The first-order valence-electron chi connectivity index (χ1n) is 5.49. The summed E-state index contributed by atoms with van der Waals surface area (Å²) in [4.78, 5) is 11.2. The maximum absolute atomic E-state index is 11.2. The highest BCUT2D eigenvalue weighted by atomic mass is 16.3. The van der Waals surface area contributed by atoms with Gasteiger partial charge in [0.2, 0.25) is 0 Å². The molecule has 1 aromatic carbocycles. The number of amides is 2. The Morgan fingerprint density at radius 3 is 2.50 bits per heavy atom. The number of nitrogens with one attached hydrogen (secondary N) is 2. The van der Waals surface area contributed by atoms with Gasteiger partial charge in [-0.05, 0) is 18.4 Å². The van der Waals surface area contributed by atoms with E-state index in [1.165, 1.54) is 5.56 Å². The maximum atomic E-state index is 11.2. The summed E-state index contributed by atoms with van der Waals surface area (Å²) in [5.41, 5.74) is 1.21. The van der Waals surface area contributed by atoms with Crippen LogP contribution in [0.4, 0.5) is 4.79 Å². The maximum Gasteiger partial charge on any atom is 0.314 e. The van der Waals surface area contributed by atoms with E-state index in [0.717, 1.165) is 6.42 Å². The van der Waals surface area contributed by atoms with Crippen molar-refractivity contribution in [1.29, 1.82) is 0 Å². The van der Waals surface area contributed by atoms with E-state index in [1.54, 1.807) is 0 Å². The summed E-state index contributed by atoms with van der Waals surface area (Å²) in [6.45, 7) is 1.23. The predicted molar refractivity (Wildman–Crippen MR) is 63.3 cm³/mol. The van der Waals surface area contributed by atoms with Crippen molar-refractivity contribution in [1.82, 2.24) is 10.6 Å². The van der Waals surface area contributed by atoms with Crippen molar-refractivity contribution in [2.24, 2.45) is 0 Å². The smallest absolute Gasteiger partial charge is 0.314 e. The first-order valence-corrected chi connectivity index (χ1v) is 5.49. The van der Waals surface area contributed by atoms with Crippen LogP contribution in [0.3, 0.4) is 0 Å². The normalized spacial score (nSPS) is 9.81. The summed E-state index contributed by atoms with van der Waals surface area (Å²) in [6, 6.07) is 9.83. The molecule has 0 saturated carbocycles. The van der Waals surface area contributed by atoms with Crippen LogP contribution in [0.25, 0.3) is 0 Å². The third-order valence-corrected chi connectivity index (χ3v) is 2.16. The summed E-state index contributed by atoms with van der Waals surface area (Å²) in [5, 5.41) is 14.0. The molecule has 88 valence electrons. The highest BCUT2D eigenvalue weighted by Crippen LogP contribution is 1.97. The molecule has 16 heavy (non-hydrogen) atoms. The molecule has 4 heteroatoms. The summed E-state index contributed by atoms with van der Waals surface area (Å²) in [5.74, 6) is 0. The predicted octanol–water partition coefficient (Wildman–Crippen LogP) is 0.911. The number of aliphatic hydroxyl groups is 1. The average Bonchev–Trinajstić information content (AvgIpc) is 2.31. The molecule has 0 radical (unpaired) electrons. The van der Waals surface area contributed by atoms with Crippen molar-refractivity contribution in [2.45, 2.75) is 12.8 Å². The monoisotopic (exact) mass is 222 g/mol. The molecular weight excluding hydrogens is 204 g/mol. The fourth-order valence-corrected chi connectivity index (χ4v) is 1.31. The van der Waals surface area contributed by atoms with Gasteiger partial charge >= 0.3 is 6.03 Å². The molecule has 0 spiro atoms. The third kappa shape index (κ3) is 5.36. The van der Waals surface area contributed by atoms with Gasteiger partial charge in [-0.25, -0.2) is 4.79 Å². The topological polar surface area (TPSA) is 61.4 Å². The van der Waals surface area contributed by atoms with E-state index in [1.807, 2.05) is 30.3 Å². The van der Waals surface area contributed by atoms with Crippen LogP contribution in [0.1, 0.15) is 12.0 Å². The molecule has 0 saturated heterocycles. The minimum Gasteiger partial charge on any atom is -0.396 e. The van der Waals surface area contributed by atoms with Crippen LogP contribution in [-0.2, 0) is 6.42 Å².